The lowest BCUT2D eigenvalue weighted by atomic mass is 10.1. The number of amides is 2. The molecule has 0 aliphatic heterocycles. The number of benzene rings is 2. The van der Waals surface area contributed by atoms with Crippen molar-refractivity contribution in [2.75, 3.05) is 34.4 Å². The van der Waals surface area contributed by atoms with Crippen LogP contribution >= 0.6 is 11.3 Å². The molecule has 0 bridgehead atoms. The summed E-state index contributed by atoms with van der Waals surface area (Å²) in [7, 11) is 4.96. The van der Waals surface area contributed by atoms with Crippen LogP contribution in [0.4, 0.5) is 4.39 Å². The van der Waals surface area contributed by atoms with Crippen molar-refractivity contribution in [1.29, 1.82) is 0 Å². The topological polar surface area (TPSA) is 76.9 Å². The highest BCUT2D eigenvalue weighted by Gasteiger charge is 2.21. The van der Waals surface area contributed by atoms with E-state index in [0.29, 0.717) is 49.8 Å². The van der Waals surface area contributed by atoms with Crippen molar-refractivity contribution in [1.82, 2.24) is 19.4 Å². The summed E-state index contributed by atoms with van der Waals surface area (Å²) in [5.74, 6) is 0.308. The first-order chi connectivity index (χ1) is 19.8. The van der Waals surface area contributed by atoms with Gasteiger partial charge in [0.25, 0.3) is 11.8 Å². The smallest absolute Gasteiger partial charge is 0.273 e. The van der Waals surface area contributed by atoms with E-state index in [1.165, 1.54) is 23.5 Å². The van der Waals surface area contributed by atoms with E-state index in [1.54, 1.807) is 48.6 Å². The third-order valence-electron chi connectivity index (χ3n) is 6.77. The second kappa shape index (κ2) is 13.9. The van der Waals surface area contributed by atoms with E-state index in [-0.39, 0.29) is 17.4 Å². The Labute approximate surface area is 243 Å². The first-order valence-electron chi connectivity index (χ1n) is 13.4. The molecule has 2 heterocycles. The van der Waals surface area contributed by atoms with Crippen molar-refractivity contribution in [3.8, 4) is 11.5 Å². The van der Waals surface area contributed by atoms with Gasteiger partial charge in [0.1, 0.15) is 16.5 Å². The van der Waals surface area contributed by atoms with Crippen LogP contribution in [0.25, 0.3) is 0 Å². The first kappa shape index (κ1) is 29.8. The van der Waals surface area contributed by atoms with Gasteiger partial charge in [-0.25, -0.2) is 9.37 Å². The Balaban J connectivity index is 1.39. The minimum atomic E-state index is -0.525. The summed E-state index contributed by atoms with van der Waals surface area (Å²) in [6, 6.07) is 15.6. The van der Waals surface area contributed by atoms with E-state index < -0.39 is 5.82 Å². The van der Waals surface area contributed by atoms with Crippen LogP contribution < -0.4 is 9.47 Å². The zero-order valence-corrected chi connectivity index (χ0v) is 24.6. The van der Waals surface area contributed by atoms with Crippen LogP contribution in [0.2, 0.25) is 0 Å². The Morgan fingerprint density at radius 1 is 1.00 bits per heavy atom. The van der Waals surface area contributed by atoms with Crippen molar-refractivity contribution in [3.05, 3.63) is 99.5 Å². The molecule has 0 saturated carbocycles. The van der Waals surface area contributed by atoms with Crippen LogP contribution in [0.1, 0.15) is 50.5 Å². The molecule has 4 aromatic rings. The van der Waals surface area contributed by atoms with Crippen molar-refractivity contribution >= 4 is 23.2 Å². The largest absolute Gasteiger partial charge is 0.493 e. The maximum Gasteiger partial charge on any atom is 0.273 e. The summed E-state index contributed by atoms with van der Waals surface area (Å²) in [6.45, 7) is 3.81. The predicted octanol–water partition coefficient (Wildman–Crippen LogP) is 5.52. The number of thiazole rings is 1. The number of hydrogen-bond donors (Lipinski definition) is 0. The summed E-state index contributed by atoms with van der Waals surface area (Å²) < 4.78 is 27.0. The number of carbonyl (C=O) groups is 2. The Kier molecular flexibility index (Phi) is 10.1. The summed E-state index contributed by atoms with van der Waals surface area (Å²) in [6.07, 6.45) is 3.33. The number of carbonyl (C=O) groups excluding carboxylic acids is 2. The molecule has 216 valence electrons. The number of hydrogen-bond acceptors (Lipinski definition) is 6. The van der Waals surface area contributed by atoms with Crippen LogP contribution in [0.3, 0.4) is 0 Å². The van der Waals surface area contributed by atoms with Gasteiger partial charge in [-0.05, 0) is 54.8 Å². The average Bonchev–Trinajstić information content (AvgIpc) is 3.64. The van der Waals surface area contributed by atoms with E-state index in [1.807, 2.05) is 48.0 Å². The average molecular weight is 579 g/mol. The molecule has 0 atom stereocenters. The monoisotopic (exact) mass is 578 g/mol. The van der Waals surface area contributed by atoms with Crippen molar-refractivity contribution < 1.29 is 23.5 Å². The molecule has 0 aliphatic carbocycles. The quantitative estimate of drug-likeness (QED) is 0.209. The molecule has 0 saturated heterocycles. The SMILES string of the molecule is CCCN(Cc1cccn1Cc1nc(C(=O)N(C)CCc2ccc(OC)c(OC)c2)cs1)C(=O)c1ccccc1F. The van der Waals surface area contributed by atoms with Gasteiger partial charge in [-0.1, -0.05) is 25.1 Å². The maximum absolute atomic E-state index is 14.3. The van der Waals surface area contributed by atoms with Crippen LogP contribution in [-0.4, -0.2) is 65.5 Å². The molecule has 41 heavy (non-hydrogen) atoms. The number of likely N-dealkylation sites (N-methyl/N-ethyl adjacent to an activating group) is 1. The van der Waals surface area contributed by atoms with Gasteiger partial charge in [-0.2, -0.15) is 0 Å². The Bertz CT molecular complexity index is 1480. The number of rotatable bonds is 13. The molecule has 2 amide bonds. The number of halogens is 1. The summed E-state index contributed by atoms with van der Waals surface area (Å²) >= 11 is 1.42. The van der Waals surface area contributed by atoms with E-state index >= 15 is 0 Å². The van der Waals surface area contributed by atoms with Crippen LogP contribution in [-0.2, 0) is 19.5 Å². The molecule has 4 rings (SSSR count). The second-order valence-corrected chi connectivity index (χ2v) is 10.6. The lowest BCUT2D eigenvalue weighted by Gasteiger charge is -2.23. The van der Waals surface area contributed by atoms with Gasteiger partial charge in [-0.3, -0.25) is 9.59 Å². The molecular weight excluding hydrogens is 543 g/mol. The molecule has 0 unspecified atom stereocenters. The van der Waals surface area contributed by atoms with Crippen LogP contribution in [0.15, 0.2) is 66.2 Å². The fourth-order valence-electron chi connectivity index (χ4n) is 4.53. The number of methoxy groups -OCH3 is 2. The van der Waals surface area contributed by atoms with Crippen LogP contribution in [0, 0.1) is 5.82 Å². The fourth-order valence-corrected chi connectivity index (χ4v) is 5.29. The second-order valence-electron chi connectivity index (χ2n) is 9.63. The molecule has 2 aromatic heterocycles. The fraction of sp³-hybridized carbons (Fsp3) is 0.323. The lowest BCUT2D eigenvalue weighted by molar-refractivity contribution is 0.0733. The van der Waals surface area contributed by atoms with Gasteiger partial charge in [0.05, 0.1) is 32.9 Å². The molecule has 0 radical (unpaired) electrons. The third-order valence-corrected chi connectivity index (χ3v) is 7.60. The first-order valence-corrected chi connectivity index (χ1v) is 14.3. The maximum atomic E-state index is 14.3. The molecule has 10 heteroatoms. The van der Waals surface area contributed by atoms with Gasteiger partial charge in [0, 0.05) is 37.4 Å². The minimum absolute atomic E-state index is 0.0670. The van der Waals surface area contributed by atoms with E-state index in [9.17, 15) is 14.0 Å². The van der Waals surface area contributed by atoms with Crippen LogP contribution in [0.5, 0.6) is 11.5 Å². The van der Waals surface area contributed by atoms with Crippen molar-refractivity contribution in [3.63, 3.8) is 0 Å². The summed E-state index contributed by atoms with van der Waals surface area (Å²) in [5.41, 5.74) is 2.40. The van der Waals surface area contributed by atoms with E-state index in [2.05, 4.69) is 4.98 Å². The lowest BCUT2D eigenvalue weighted by Crippen LogP contribution is -2.32. The third kappa shape index (κ3) is 7.32. The normalized spacial score (nSPS) is 10.9. The van der Waals surface area contributed by atoms with Gasteiger partial charge in [0.2, 0.25) is 0 Å². The zero-order chi connectivity index (χ0) is 29.4. The highest BCUT2D eigenvalue weighted by atomic mass is 32.1. The minimum Gasteiger partial charge on any atom is -0.493 e. The molecule has 8 nitrogen and oxygen atoms in total. The molecule has 0 N–H and O–H groups in total. The Morgan fingerprint density at radius 2 is 1.78 bits per heavy atom. The zero-order valence-electron chi connectivity index (χ0n) is 23.8. The van der Waals surface area contributed by atoms with Gasteiger partial charge < -0.3 is 23.8 Å². The standard InChI is InChI=1S/C31H35FN4O4S/c1-5-15-36(30(37)24-10-6-7-11-25(24)32)19-23-9-8-16-35(23)20-29-33-26(21-41-29)31(38)34(2)17-14-22-12-13-27(39-3)28(18-22)40-4/h6-13,16,18,21H,5,14-15,17,19-20H2,1-4H3. The van der Waals surface area contributed by atoms with E-state index in [0.717, 1.165) is 22.7 Å². The summed E-state index contributed by atoms with van der Waals surface area (Å²) in [5, 5.41) is 2.56. The van der Waals surface area contributed by atoms with Crippen molar-refractivity contribution in [2.45, 2.75) is 32.9 Å². The van der Waals surface area contributed by atoms with Crippen molar-refractivity contribution in [2.24, 2.45) is 0 Å². The van der Waals surface area contributed by atoms with Gasteiger partial charge in [-0.15, -0.1) is 11.3 Å². The highest BCUT2D eigenvalue weighted by Crippen LogP contribution is 2.28. The molecular formula is C31H35FN4O4S. The Morgan fingerprint density at radius 3 is 2.51 bits per heavy atom. The molecule has 0 aliphatic rings. The number of nitrogens with zero attached hydrogens (tertiary/aromatic N) is 4. The number of ether oxygens (including phenoxy) is 2. The van der Waals surface area contributed by atoms with Gasteiger partial charge >= 0.3 is 0 Å². The highest BCUT2D eigenvalue weighted by molar-refractivity contribution is 7.09. The Hall–Kier alpha value is -4.18. The number of aromatic nitrogens is 2. The van der Waals surface area contributed by atoms with Gasteiger partial charge in [0.15, 0.2) is 11.5 Å². The molecule has 0 fully saturated rings. The van der Waals surface area contributed by atoms with E-state index in [4.69, 9.17) is 9.47 Å². The summed E-state index contributed by atoms with van der Waals surface area (Å²) in [4.78, 5) is 34.1. The molecule has 2 aromatic carbocycles. The predicted molar refractivity (Wildman–Crippen MR) is 157 cm³/mol. The molecule has 0 spiro atoms.